The van der Waals surface area contributed by atoms with Gasteiger partial charge in [0.25, 0.3) is 0 Å². The van der Waals surface area contributed by atoms with Gasteiger partial charge in [0.05, 0.1) is 17.6 Å². The zero-order valence-corrected chi connectivity index (χ0v) is 19.7. The van der Waals surface area contributed by atoms with Crippen LogP contribution in [0.15, 0.2) is 61.2 Å². The Labute approximate surface area is 194 Å². The molecule has 3 heterocycles. The second kappa shape index (κ2) is 8.98. The van der Waals surface area contributed by atoms with E-state index in [0.717, 1.165) is 39.2 Å². The molecule has 0 spiro atoms. The number of hydrogen-bond donors (Lipinski definition) is 1. The number of primary amides is 1. The number of aromatic nitrogens is 4. The summed E-state index contributed by atoms with van der Waals surface area (Å²) in [5, 5.41) is 4.25. The highest BCUT2D eigenvalue weighted by atomic mass is 16.1. The molecule has 0 aliphatic rings. The summed E-state index contributed by atoms with van der Waals surface area (Å²) in [5.41, 5.74) is 13.8. The maximum Gasteiger partial charge on any atom is 0.249 e. The molecule has 0 aliphatic carbocycles. The molecule has 6 heteroatoms. The van der Waals surface area contributed by atoms with Gasteiger partial charge < -0.3 is 5.73 Å². The third-order valence-corrected chi connectivity index (χ3v) is 5.88. The Hall–Kier alpha value is -3.80. The molecule has 4 aromatic rings. The lowest BCUT2D eigenvalue weighted by Crippen LogP contribution is -2.13. The minimum Gasteiger partial charge on any atom is -0.366 e. The highest BCUT2D eigenvalue weighted by molar-refractivity contribution is 6.01. The van der Waals surface area contributed by atoms with E-state index < -0.39 is 5.91 Å². The molecule has 2 N–H and O–H groups in total. The summed E-state index contributed by atoms with van der Waals surface area (Å²) in [4.78, 5) is 21.7. The predicted octanol–water partition coefficient (Wildman–Crippen LogP) is 5.56. The number of rotatable bonds is 6. The molecule has 0 radical (unpaired) electrons. The number of carbonyl (C=O) groups is 1. The number of amides is 1. The van der Waals surface area contributed by atoms with Gasteiger partial charge in [-0.1, -0.05) is 39.8 Å². The van der Waals surface area contributed by atoms with Crippen molar-refractivity contribution in [3.05, 3.63) is 77.9 Å². The molecule has 168 valence electrons. The second-order valence-corrected chi connectivity index (χ2v) is 8.97. The van der Waals surface area contributed by atoms with Gasteiger partial charge in [-0.2, -0.15) is 5.10 Å². The molecule has 33 heavy (non-hydrogen) atoms. The van der Waals surface area contributed by atoms with E-state index in [-0.39, 0.29) is 5.92 Å². The summed E-state index contributed by atoms with van der Waals surface area (Å²) in [7, 11) is 1.88. The Balaban J connectivity index is 1.83. The third kappa shape index (κ3) is 4.55. The van der Waals surface area contributed by atoms with Crippen LogP contribution in [-0.4, -0.2) is 25.7 Å². The topological polar surface area (TPSA) is 86.7 Å². The van der Waals surface area contributed by atoms with Crippen molar-refractivity contribution < 1.29 is 4.79 Å². The van der Waals surface area contributed by atoms with Crippen LogP contribution in [0.2, 0.25) is 0 Å². The van der Waals surface area contributed by atoms with Crippen LogP contribution in [0, 0.1) is 0 Å². The van der Waals surface area contributed by atoms with Crippen molar-refractivity contribution in [2.24, 2.45) is 12.8 Å². The molecular formula is C27H29N5O. The van der Waals surface area contributed by atoms with Crippen molar-refractivity contribution in [3.63, 3.8) is 0 Å². The van der Waals surface area contributed by atoms with Gasteiger partial charge in [0, 0.05) is 47.9 Å². The van der Waals surface area contributed by atoms with Gasteiger partial charge in [0.15, 0.2) is 0 Å². The third-order valence-electron chi connectivity index (χ3n) is 5.88. The molecule has 0 bridgehead atoms. The highest BCUT2D eigenvalue weighted by Crippen LogP contribution is 2.35. The number of pyridine rings is 2. The summed E-state index contributed by atoms with van der Waals surface area (Å²) >= 11 is 0. The van der Waals surface area contributed by atoms with E-state index in [1.807, 2.05) is 43.7 Å². The predicted molar refractivity (Wildman–Crippen MR) is 132 cm³/mol. The lowest BCUT2D eigenvalue weighted by molar-refractivity contribution is 0.100. The summed E-state index contributed by atoms with van der Waals surface area (Å²) in [6.45, 7) is 8.55. The number of hydrogen-bond acceptors (Lipinski definition) is 4. The molecule has 0 aliphatic heterocycles. The molecule has 1 amide bonds. The largest absolute Gasteiger partial charge is 0.366 e. The normalized spacial score (nSPS) is 11.4. The van der Waals surface area contributed by atoms with Crippen LogP contribution in [0.25, 0.3) is 33.6 Å². The number of carbonyl (C=O) groups excluding carboxylic acids is 1. The summed E-state index contributed by atoms with van der Waals surface area (Å²) < 4.78 is 1.76. The smallest absolute Gasteiger partial charge is 0.249 e. The number of aryl methyl sites for hydroxylation is 1. The van der Waals surface area contributed by atoms with Gasteiger partial charge in [-0.15, -0.1) is 0 Å². The lowest BCUT2D eigenvalue weighted by Gasteiger charge is -2.17. The molecule has 1 aromatic carbocycles. The summed E-state index contributed by atoms with van der Waals surface area (Å²) in [6.07, 6.45) is 7.37. The second-order valence-electron chi connectivity index (χ2n) is 8.97. The van der Waals surface area contributed by atoms with Gasteiger partial charge in [0.2, 0.25) is 5.91 Å². The van der Waals surface area contributed by atoms with Crippen LogP contribution in [0.1, 0.15) is 61.0 Å². The Kier molecular flexibility index (Phi) is 6.09. The fraction of sp³-hybridized carbons (Fsp3) is 0.259. The first-order valence-electron chi connectivity index (χ1n) is 11.1. The molecule has 0 unspecified atom stereocenters. The van der Waals surface area contributed by atoms with Crippen LogP contribution in [-0.2, 0) is 7.05 Å². The van der Waals surface area contributed by atoms with Gasteiger partial charge in [-0.3, -0.25) is 19.4 Å². The average molecular weight is 440 g/mol. The van der Waals surface area contributed by atoms with Gasteiger partial charge in [-0.05, 0) is 52.8 Å². The van der Waals surface area contributed by atoms with Crippen LogP contribution < -0.4 is 5.73 Å². The van der Waals surface area contributed by atoms with E-state index in [9.17, 15) is 4.79 Å². The van der Waals surface area contributed by atoms with Crippen LogP contribution in [0.5, 0.6) is 0 Å². The first kappa shape index (κ1) is 22.4. The van der Waals surface area contributed by atoms with Crippen LogP contribution in [0.4, 0.5) is 0 Å². The highest BCUT2D eigenvalue weighted by Gasteiger charge is 2.18. The molecular weight excluding hydrogens is 410 g/mol. The van der Waals surface area contributed by atoms with Crippen molar-refractivity contribution in [1.29, 1.82) is 0 Å². The molecule has 0 fully saturated rings. The molecule has 0 atom stereocenters. The minimum atomic E-state index is -0.474. The van der Waals surface area contributed by atoms with Crippen molar-refractivity contribution >= 4 is 5.91 Å². The van der Waals surface area contributed by atoms with E-state index in [2.05, 4.69) is 54.9 Å². The van der Waals surface area contributed by atoms with Crippen molar-refractivity contribution in [1.82, 2.24) is 19.7 Å². The number of nitrogens with zero attached hydrogens (tertiary/aromatic N) is 4. The molecule has 0 saturated carbocycles. The number of benzene rings is 1. The Morgan fingerprint density at radius 1 is 0.879 bits per heavy atom. The Morgan fingerprint density at radius 2 is 1.64 bits per heavy atom. The van der Waals surface area contributed by atoms with E-state index in [1.165, 1.54) is 5.56 Å². The van der Waals surface area contributed by atoms with Crippen molar-refractivity contribution in [2.75, 3.05) is 0 Å². The fourth-order valence-electron chi connectivity index (χ4n) is 3.99. The van der Waals surface area contributed by atoms with E-state index in [4.69, 9.17) is 5.73 Å². The lowest BCUT2D eigenvalue weighted by atomic mass is 9.89. The maximum absolute atomic E-state index is 12.5. The summed E-state index contributed by atoms with van der Waals surface area (Å²) in [6, 6.07) is 11.9. The first-order chi connectivity index (χ1) is 15.7. The van der Waals surface area contributed by atoms with Crippen LogP contribution in [0.3, 0.4) is 0 Å². The van der Waals surface area contributed by atoms with E-state index in [0.29, 0.717) is 11.5 Å². The first-order valence-corrected chi connectivity index (χ1v) is 11.1. The Bertz CT molecular complexity index is 1320. The maximum atomic E-state index is 12.5. The standard InChI is InChI=1S/C27H29N5O/c1-16(2)18-8-9-29-25(11-18)19-6-7-21(23(10-19)27(28)33)24-14-30-26(12-22(24)17(3)4)20-13-31-32(5)15-20/h6-17H,1-5H3,(H2,28,33). The Morgan fingerprint density at radius 3 is 2.27 bits per heavy atom. The van der Waals surface area contributed by atoms with Gasteiger partial charge in [-0.25, -0.2) is 0 Å². The van der Waals surface area contributed by atoms with Gasteiger partial charge in [0.1, 0.15) is 0 Å². The van der Waals surface area contributed by atoms with E-state index >= 15 is 0 Å². The molecule has 6 nitrogen and oxygen atoms in total. The zero-order valence-electron chi connectivity index (χ0n) is 19.7. The van der Waals surface area contributed by atoms with Crippen LogP contribution >= 0.6 is 0 Å². The molecule has 0 saturated heterocycles. The minimum absolute atomic E-state index is 0.225. The van der Waals surface area contributed by atoms with E-state index in [1.54, 1.807) is 17.1 Å². The monoisotopic (exact) mass is 439 g/mol. The number of nitrogens with two attached hydrogens (primary N) is 1. The summed E-state index contributed by atoms with van der Waals surface area (Å²) in [5.74, 6) is 0.140. The zero-order chi connectivity index (χ0) is 23.7. The average Bonchev–Trinajstić information content (AvgIpc) is 3.24. The molecule has 3 aromatic heterocycles. The van der Waals surface area contributed by atoms with Crippen molar-refractivity contribution in [2.45, 2.75) is 39.5 Å². The van der Waals surface area contributed by atoms with Gasteiger partial charge >= 0.3 is 0 Å². The van der Waals surface area contributed by atoms with Crippen molar-refractivity contribution in [3.8, 4) is 33.6 Å². The fourth-order valence-corrected chi connectivity index (χ4v) is 3.99. The molecule has 4 rings (SSSR count). The quantitative estimate of drug-likeness (QED) is 0.426. The SMILES string of the molecule is CC(C)c1ccnc(-c2ccc(-c3cnc(-c4cnn(C)c4)cc3C(C)C)c(C(N)=O)c2)c1.